The van der Waals surface area contributed by atoms with Crippen LogP contribution in [0.25, 0.3) is 0 Å². The molecule has 29 heavy (non-hydrogen) atoms. The van der Waals surface area contributed by atoms with E-state index < -0.39 is 41.0 Å². The Hall–Kier alpha value is -3.57. The normalized spacial score (nSPS) is 14.7. The van der Waals surface area contributed by atoms with Gasteiger partial charge < -0.3 is 20.0 Å². The monoisotopic (exact) mass is 412 g/mol. The highest BCUT2D eigenvalue weighted by molar-refractivity contribution is 5.96. The largest absolute Gasteiger partial charge is 0.477 e. The molecule has 1 fully saturated rings. The zero-order valence-electron chi connectivity index (χ0n) is 14.8. The molecule has 1 amide bonds. The highest BCUT2D eigenvalue weighted by Crippen LogP contribution is 2.32. The number of hydrogen-bond donors (Lipinski definition) is 2. The summed E-state index contributed by atoms with van der Waals surface area (Å²) in [4.78, 5) is 37.7. The van der Waals surface area contributed by atoms with Gasteiger partial charge in [-0.2, -0.15) is 17.9 Å². The number of amides is 1. The Morgan fingerprint density at radius 2 is 1.62 bits per heavy atom. The summed E-state index contributed by atoms with van der Waals surface area (Å²) in [5.74, 6) is -2.14. The lowest BCUT2D eigenvalue weighted by atomic mass is 10.1. The Bertz CT molecular complexity index is 933. The van der Waals surface area contributed by atoms with Gasteiger partial charge in [0.1, 0.15) is 0 Å². The van der Waals surface area contributed by atoms with E-state index in [1.807, 2.05) is 0 Å². The van der Waals surface area contributed by atoms with Crippen molar-refractivity contribution in [3.8, 4) is 0 Å². The number of piperazine rings is 1. The number of benzene rings is 1. The van der Waals surface area contributed by atoms with Crippen LogP contribution in [0, 0.1) is 0 Å². The molecule has 2 N–H and O–H groups in total. The number of alkyl halides is 3. The van der Waals surface area contributed by atoms with Crippen molar-refractivity contribution in [2.24, 2.45) is 0 Å². The molecular formula is C17H15F3N4O5. The standard InChI is InChI=1S/C17H15F3N4O5/c18-17(19,20)11-4-2-1-3-10(11)14(25)23-7-5-22(6-8-23)13-9-12(15(26)27)24(21-13)16(28)29/h1-4,9H,5-8H2,(H,26,27)(H,28,29). The zero-order valence-corrected chi connectivity index (χ0v) is 14.8. The molecule has 2 aromatic rings. The van der Waals surface area contributed by atoms with Crippen LogP contribution in [-0.4, -0.2) is 69.0 Å². The third-order valence-corrected chi connectivity index (χ3v) is 4.45. The van der Waals surface area contributed by atoms with Crippen LogP contribution in [0.4, 0.5) is 23.8 Å². The van der Waals surface area contributed by atoms with Gasteiger partial charge in [0.15, 0.2) is 11.5 Å². The van der Waals surface area contributed by atoms with Crippen LogP contribution in [0.2, 0.25) is 0 Å². The second-order valence-electron chi connectivity index (χ2n) is 6.21. The maximum absolute atomic E-state index is 13.1. The van der Waals surface area contributed by atoms with Crippen LogP contribution in [0.1, 0.15) is 26.4 Å². The maximum Gasteiger partial charge on any atom is 0.433 e. The predicted octanol–water partition coefficient (Wildman–Crippen LogP) is 2.09. The first-order chi connectivity index (χ1) is 13.6. The van der Waals surface area contributed by atoms with Crippen LogP contribution in [-0.2, 0) is 6.18 Å². The molecular weight excluding hydrogens is 397 g/mol. The molecule has 0 aliphatic carbocycles. The summed E-state index contributed by atoms with van der Waals surface area (Å²) in [5, 5.41) is 21.8. The smallest absolute Gasteiger partial charge is 0.433 e. The number of nitrogens with zero attached hydrogens (tertiary/aromatic N) is 4. The molecule has 1 aromatic heterocycles. The Morgan fingerprint density at radius 3 is 2.14 bits per heavy atom. The highest BCUT2D eigenvalue weighted by atomic mass is 19.4. The minimum absolute atomic E-state index is 0.0629. The van der Waals surface area contributed by atoms with Crippen LogP contribution in [0.15, 0.2) is 30.3 Å². The molecule has 0 bridgehead atoms. The van der Waals surface area contributed by atoms with Gasteiger partial charge in [-0.15, -0.1) is 5.10 Å². The number of carboxylic acids is 1. The summed E-state index contributed by atoms with van der Waals surface area (Å²) in [6, 6.07) is 5.61. The van der Waals surface area contributed by atoms with Crippen LogP contribution < -0.4 is 4.90 Å². The van der Waals surface area contributed by atoms with Gasteiger partial charge in [-0.3, -0.25) is 4.79 Å². The second-order valence-corrected chi connectivity index (χ2v) is 6.21. The van der Waals surface area contributed by atoms with Crippen molar-refractivity contribution in [2.45, 2.75) is 6.18 Å². The van der Waals surface area contributed by atoms with Crippen LogP contribution in [0.3, 0.4) is 0 Å². The quantitative estimate of drug-likeness (QED) is 0.793. The number of halogens is 3. The first kappa shape index (κ1) is 20.2. The molecule has 0 unspecified atom stereocenters. The fourth-order valence-corrected chi connectivity index (χ4v) is 3.05. The fraction of sp³-hybridized carbons (Fsp3) is 0.294. The molecule has 1 aromatic carbocycles. The fourth-order valence-electron chi connectivity index (χ4n) is 3.05. The van der Waals surface area contributed by atoms with E-state index >= 15 is 0 Å². The lowest BCUT2D eigenvalue weighted by Crippen LogP contribution is -2.49. The number of aromatic nitrogens is 2. The first-order valence-corrected chi connectivity index (χ1v) is 8.36. The lowest BCUT2D eigenvalue weighted by molar-refractivity contribution is -0.138. The van der Waals surface area contributed by atoms with Crippen LogP contribution in [0.5, 0.6) is 0 Å². The molecule has 154 valence electrons. The SMILES string of the molecule is O=C(O)c1cc(N2CCN(C(=O)c3ccccc3C(F)(F)F)CC2)nn1C(=O)O. The minimum atomic E-state index is -4.66. The summed E-state index contributed by atoms with van der Waals surface area (Å²) < 4.78 is 39.8. The summed E-state index contributed by atoms with van der Waals surface area (Å²) >= 11 is 0. The van der Waals surface area contributed by atoms with Crippen molar-refractivity contribution in [1.82, 2.24) is 14.7 Å². The molecule has 9 nitrogen and oxygen atoms in total. The van der Waals surface area contributed by atoms with Gasteiger partial charge in [-0.1, -0.05) is 12.1 Å². The molecule has 0 saturated carbocycles. The van der Waals surface area contributed by atoms with E-state index in [4.69, 9.17) is 10.2 Å². The Morgan fingerprint density at radius 1 is 1.00 bits per heavy atom. The van der Waals surface area contributed by atoms with Crippen molar-refractivity contribution >= 4 is 23.8 Å². The Kier molecular flexibility index (Phi) is 5.18. The van der Waals surface area contributed by atoms with Crippen molar-refractivity contribution in [1.29, 1.82) is 0 Å². The first-order valence-electron chi connectivity index (χ1n) is 8.36. The van der Waals surface area contributed by atoms with Crippen molar-refractivity contribution in [2.75, 3.05) is 31.1 Å². The molecule has 1 saturated heterocycles. The number of carbonyl (C=O) groups excluding carboxylic acids is 1. The van der Waals surface area contributed by atoms with Gasteiger partial charge in [-0.05, 0) is 12.1 Å². The molecule has 3 rings (SSSR count). The average Bonchev–Trinajstić information content (AvgIpc) is 3.13. The second kappa shape index (κ2) is 7.45. The maximum atomic E-state index is 13.1. The molecule has 1 aliphatic rings. The summed E-state index contributed by atoms with van der Waals surface area (Å²) in [6.45, 7) is 0.423. The average molecular weight is 412 g/mol. The molecule has 0 atom stereocenters. The Labute approximate surface area is 161 Å². The third kappa shape index (κ3) is 4.00. The van der Waals surface area contributed by atoms with Gasteiger partial charge in [0.05, 0.1) is 11.1 Å². The topological polar surface area (TPSA) is 116 Å². The number of carbonyl (C=O) groups is 3. The molecule has 2 heterocycles. The number of carboxylic acid groups (broad SMARTS) is 2. The van der Waals surface area contributed by atoms with Gasteiger partial charge in [0.2, 0.25) is 0 Å². The number of anilines is 1. The van der Waals surface area contributed by atoms with Crippen molar-refractivity contribution < 1.29 is 37.8 Å². The van der Waals surface area contributed by atoms with Gasteiger partial charge >= 0.3 is 18.2 Å². The highest BCUT2D eigenvalue weighted by Gasteiger charge is 2.36. The number of aromatic carboxylic acids is 1. The van der Waals surface area contributed by atoms with E-state index in [1.54, 1.807) is 4.90 Å². The van der Waals surface area contributed by atoms with Crippen molar-refractivity contribution in [3.05, 3.63) is 47.2 Å². The van der Waals surface area contributed by atoms with E-state index in [0.717, 1.165) is 18.2 Å². The summed E-state index contributed by atoms with van der Waals surface area (Å²) in [5.41, 5.74) is -2.00. The van der Waals surface area contributed by atoms with E-state index in [0.29, 0.717) is 4.68 Å². The summed E-state index contributed by atoms with van der Waals surface area (Å²) in [7, 11) is 0. The lowest BCUT2D eigenvalue weighted by Gasteiger charge is -2.35. The predicted molar refractivity (Wildman–Crippen MR) is 92.2 cm³/mol. The number of rotatable bonds is 3. The van der Waals surface area contributed by atoms with E-state index in [9.17, 15) is 27.6 Å². The van der Waals surface area contributed by atoms with Gasteiger partial charge in [-0.25, -0.2) is 9.59 Å². The van der Waals surface area contributed by atoms with E-state index in [1.165, 1.54) is 17.0 Å². The molecule has 12 heteroatoms. The number of hydrogen-bond acceptors (Lipinski definition) is 5. The zero-order chi connectivity index (χ0) is 21.3. The molecule has 0 radical (unpaired) electrons. The van der Waals surface area contributed by atoms with Gasteiger partial charge in [0.25, 0.3) is 5.91 Å². The van der Waals surface area contributed by atoms with Crippen LogP contribution >= 0.6 is 0 Å². The minimum Gasteiger partial charge on any atom is -0.477 e. The van der Waals surface area contributed by atoms with Gasteiger partial charge in [0, 0.05) is 32.2 Å². The van der Waals surface area contributed by atoms with E-state index in [-0.39, 0.29) is 32.0 Å². The van der Waals surface area contributed by atoms with Crippen molar-refractivity contribution in [3.63, 3.8) is 0 Å². The third-order valence-electron chi connectivity index (χ3n) is 4.45. The summed E-state index contributed by atoms with van der Waals surface area (Å²) in [6.07, 6.45) is -6.23. The van der Waals surface area contributed by atoms with E-state index in [2.05, 4.69) is 5.10 Å². The Balaban J connectivity index is 1.75. The molecule has 1 aliphatic heterocycles. The molecule has 0 spiro atoms.